The second-order valence-corrected chi connectivity index (χ2v) is 8.47. The molecule has 1 aliphatic heterocycles. The van der Waals surface area contributed by atoms with Gasteiger partial charge in [-0.1, -0.05) is 66.7 Å². The zero-order valence-electron chi connectivity index (χ0n) is 15.2. The van der Waals surface area contributed by atoms with Gasteiger partial charge in [0.15, 0.2) is 0 Å². The normalized spacial score (nSPS) is 17.6. The maximum absolute atomic E-state index is 13.3. The first-order chi connectivity index (χ1) is 13.6. The van der Waals surface area contributed by atoms with E-state index >= 15 is 0 Å². The van der Waals surface area contributed by atoms with Crippen LogP contribution in [0.4, 0.5) is 0 Å². The number of sulfonamides is 1. The van der Waals surface area contributed by atoms with Crippen LogP contribution in [-0.2, 0) is 10.0 Å². The van der Waals surface area contributed by atoms with Crippen LogP contribution in [0.5, 0.6) is 0 Å². The van der Waals surface area contributed by atoms with Gasteiger partial charge in [0.2, 0.25) is 10.0 Å². The van der Waals surface area contributed by atoms with Crippen LogP contribution < -0.4 is 0 Å². The molecule has 3 aromatic carbocycles. The van der Waals surface area contributed by atoms with Crippen molar-refractivity contribution in [1.82, 2.24) is 9.21 Å². The first-order valence-electron chi connectivity index (χ1n) is 9.07. The number of nitrogens with zero attached hydrogens (tertiary/aromatic N) is 2. The molecule has 3 aromatic rings. The van der Waals surface area contributed by atoms with Crippen LogP contribution in [-0.4, -0.2) is 36.6 Å². The first-order valence-corrected chi connectivity index (χ1v) is 10.5. The molecule has 0 bridgehead atoms. The van der Waals surface area contributed by atoms with Crippen molar-refractivity contribution in [3.63, 3.8) is 0 Å². The van der Waals surface area contributed by atoms with E-state index in [9.17, 15) is 13.2 Å². The quantitative estimate of drug-likeness (QED) is 0.682. The number of benzene rings is 3. The maximum Gasteiger partial charge on any atom is 0.255 e. The lowest BCUT2D eigenvalue weighted by atomic mass is 10.1. The van der Waals surface area contributed by atoms with Crippen molar-refractivity contribution in [1.29, 1.82) is 0 Å². The van der Waals surface area contributed by atoms with Gasteiger partial charge >= 0.3 is 0 Å². The van der Waals surface area contributed by atoms with Crippen LogP contribution in [0.1, 0.15) is 22.1 Å². The van der Waals surface area contributed by atoms with E-state index in [1.165, 1.54) is 4.31 Å². The maximum atomic E-state index is 13.3. The zero-order chi connectivity index (χ0) is 19.6. The fourth-order valence-corrected chi connectivity index (χ4v) is 5.11. The molecular formula is C22H20N2O3S. The molecule has 0 N–H and O–H groups in total. The highest BCUT2D eigenvalue weighted by Gasteiger charge is 2.43. The molecule has 1 aliphatic rings. The standard InChI is InChI=1S/C22H20N2O3S/c25-22(19-12-6-2-7-13-19)23-16-17-24(21(23)18-10-4-1-5-11-18)28(26,27)20-14-8-3-9-15-20/h1-15,21H,16-17H2/t21-/m1/s1. The number of hydrogen-bond acceptors (Lipinski definition) is 3. The van der Waals surface area contributed by atoms with Gasteiger partial charge in [-0.15, -0.1) is 0 Å². The Labute approximate surface area is 164 Å². The molecule has 0 spiro atoms. The molecule has 1 amide bonds. The molecule has 0 saturated carbocycles. The van der Waals surface area contributed by atoms with Crippen LogP contribution in [0.3, 0.4) is 0 Å². The Morgan fingerprint density at radius 3 is 1.89 bits per heavy atom. The molecule has 0 aliphatic carbocycles. The Bertz CT molecular complexity index is 1050. The van der Waals surface area contributed by atoms with Crippen molar-refractivity contribution in [2.24, 2.45) is 0 Å². The predicted molar refractivity (Wildman–Crippen MR) is 107 cm³/mol. The Kier molecular flexibility index (Phi) is 4.98. The van der Waals surface area contributed by atoms with E-state index in [1.54, 1.807) is 59.5 Å². The molecule has 0 radical (unpaired) electrons. The molecule has 1 heterocycles. The van der Waals surface area contributed by atoms with Gasteiger partial charge in [0, 0.05) is 18.7 Å². The lowest BCUT2D eigenvalue weighted by molar-refractivity contribution is 0.0693. The Hall–Kier alpha value is -2.96. The summed E-state index contributed by atoms with van der Waals surface area (Å²) in [6, 6.07) is 26.6. The molecule has 142 valence electrons. The van der Waals surface area contributed by atoms with Gasteiger partial charge in [-0.3, -0.25) is 4.79 Å². The van der Waals surface area contributed by atoms with Crippen molar-refractivity contribution in [2.75, 3.05) is 13.1 Å². The summed E-state index contributed by atoms with van der Waals surface area (Å²) in [6.07, 6.45) is -0.681. The monoisotopic (exact) mass is 392 g/mol. The largest absolute Gasteiger partial charge is 0.316 e. The number of rotatable bonds is 4. The molecule has 4 rings (SSSR count). The number of amides is 1. The second-order valence-electron chi connectivity index (χ2n) is 6.58. The minimum absolute atomic E-state index is 0.180. The molecule has 6 heteroatoms. The summed E-state index contributed by atoms with van der Waals surface area (Å²) >= 11 is 0. The molecule has 0 aromatic heterocycles. The molecule has 5 nitrogen and oxygen atoms in total. The van der Waals surface area contributed by atoms with Gasteiger partial charge in [-0.25, -0.2) is 8.42 Å². The third-order valence-corrected chi connectivity index (χ3v) is 6.73. The SMILES string of the molecule is O=C(c1ccccc1)N1CCN(S(=O)(=O)c2ccccc2)[C@@H]1c1ccccc1. The minimum Gasteiger partial charge on any atom is -0.316 e. The van der Waals surface area contributed by atoms with E-state index in [0.717, 1.165) is 5.56 Å². The summed E-state index contributed by atoms with van der Waals surface area (Å²) in [5.41, 5.74) is 1.31. The van der Waals surface area contributed by atoms with Gasteiger partial charge in [0.05, 0.1) is 4.90 Å². The number of carbonyl (C=O) groups is 1. The van der Waals surface area contributed by atoms with Gasteiger partial charge in [-0.2, -0.15) is 4.31 Å². The van der Waals surface area contributed by atoms with Crippen molar-refractivity contribution in [3.05, 3.63) is 102 Å². The molecule has 0 unspecified atom stereocenters. The fourth-order valence-electron chi connectivity index (χ4n) is 3.52. The zero-order valence-corrected chi connectivity index (χ0v) is 16.0. The third kappa shape index (κ3) is 3.32. The first kappa shape index (κ1) is 18.4. The average molecular weight is 392 g/mol. The third-order valence-electron chi connectivity index (χ3n) is 4.86. The molecule has 28 heavy (non-hydrogen) atoms. The topological polar surface area (TPSA) is 57.7 Å². The Morgan fingerprint density at radius 1 is 0.750 bits per heavy atom. The molecule has 1 atom stereocenters. The van der Waals surface area contributed by atoms with Crippen molar-refractivity contribution < 1.29 is 13.2 Å². The fraction of sp³-hybridized carbons (Fsp3) is 0.136. The molecule has 1 fully saturated rings. The van der Waals surface area contributed by atoms with E-state index in [4.69, 9.17) is 0 Å². The lowest BCUT2D eigenvalue weighted by Crippen LogP contribution is -2.38. The van der Waals surface area contributed by atoms with Gasteiger partial charge in [-0.05, 0) is 29.8 Å². The van der Waals surface area contributed by atoms with Crippen molar-refractivity contribution in [3.8, 4) is 0 Å². The van der Waals surface area contributed by atoms with E-state index in [2.05, 4.69) is 0 Å². The van der Waals surface area contributed by atoms with E-state index in [-0.39, 0.29) is 17.3 Å². The summed E-state index contributed by atoms with van der Waals surface area (Å²) in [4.78, 5) is 15.0. The van der Waals surface area contributed by atoms with Crippen LogP contribution in [0, 0.1) is 0 Å². The van der Waals surface area contributed by atoms with Crippen LogP contribution >= 0.6 is 0 Å². The number of hydrogen-bond donors (Lipinski definition) is 0. The molecular weight excluding hydrogens is 372 g/mol. The van der Waals surface area contributed by atoms with Gasteiger partial charge in [0.1, 0.15) is 6.17 Å². The van der Waals surface area contributed by atoms with Crippen molar-refractivity contribution >= 4 is 15.9 Å². The highest BCUT2D eigenvalue weighted by molar-refractivity contribution is 7.89. The number of carbonyl (C=O) groups excluding carboxylic acids is 1. The smallest absolute Gasteiger partial charge is 0.255 e. The molecule has 1 saturated heterocycles. The van der Waals surface area contributed by atoms with E-state index in [0.29, 0.717) is 12.1 Å². The highest BCUT2D eigenvalue weighted by Crippen LogP contribution is 2.35. The van der Waals surface area contributed by atoms with E-state index in [1.807, 2.05) is 36.4 Å². The van der Waals surface area contributed by atoms with Crippen LogP contribution in [0.2, 0.25) is 0 Å². The highest BCUT2D eigenvalue weighted by atomic mass is 32.2. The Balaban J connectivity index is 1.77. The predicted octanol–water partition coefficient (Wildman–Crippen LogP) is 3.53. The summed E-state index contributed by atoms with van der Waals surface area (Å²) in [6.45, 7) is 0.578. The van der Waals surface area contributed by atoms with Gasteiger partial charge in [0.25, 0.3) is 5.91 Å². The summed E-state index contributed by atoms with van der Waals surface area (Å²) < 4.78 is 28.0. The average Bonchev–Trinajstić information content (AvgIpc) is 3.21. The van der Waals surface area contributed by atoms with Crippen LogP contribution in [0.25, 0.3) is 0 Å². The second kappa shape index (κ2) is 7.58. The Morgan fingerprint density at radius 2 is 1.29 bits per heavy atom. The van der Waals surface area contributed by atoms with Gasteiger partial charge < -0.3 is 4.90 Å². The van der Waals surface area contributed by atoms with Crippen molar-refractivity contribution in [2.45, 2.75) is 11.1 Å². The van der Waals surface area contributed by atoms with E-state index < -0.39 is 16.2 Å². The minimum atomic E-state index is -3.75. The lowest BCUT2D eigenvalue weighted by Gasteiger charge is -2.30. The summed E-state index contributed by atoms with van der Waals surface area (Å²) in [7, 11) is -3.75. The van der Waals surface area contributed by atoms with Crippen LogP contribution in [0.15, 0.2) is 95.9 Å². The summed E-state index contributed by atoms with van der Waals surface area (Å²) in [5, 5.41) is 0. The summed E-state index contributed by atoms with van der Waals surface area (Å²) in [5.74, 6) is -0.180.